The van der Waals surface area contributed by atoms with Gasteiger partial charge >= 0.3 is 0 Å². The van der Waals surface area contributed by atoms with Gasteiger partial charge in [-0.1, -0.05) is 62.6 Å². The van der Waals surface area contributed by atoms with E-state index in [0.29, 0.717) is 10.8 Å². The summed E-state index contributed by atoms with van der Waals surface area (Å²) in [7, 11) is -1.62. The minimum absolute atomic E-state index is 0.270. The molecule has 0 amide bonds. The molecule has 0 N–H and O–H groups in total. The van der Waals surface area contributed by atoms with E-state index >= 15 is 0 Å². The first-order valence-corrected chi connectivity index (χ1v) is 13.9. The van der Waals surface area contributed by atoms with Crippen LogP contribution in [0.3, 0.4) is 0 Å². The highest BCUT2D eigenvalue weighted by Crippen LogP contribution is 2.51. The molecule has 2 aliphatic carbocycles. The predicted molar refractivity (Wildman–Crippen MR) is 98.4 cm³/mol. The van der Waals surface area contributed by atoms with Gasteiger partial charge in [-0.15, -0.1) is 17.1 Å². The van der Waals surface area contributed by atoms with Crippen molar-refractivity contribution in [3.63, 3.8) is 0 Å². The van der Waals surface area contributed by atoms with Crippen LogP contribution in [0.15, 0.2) is 58.6 Å². The highest BCUT2D eigenvalue weighted by atomic mass is 32.2. The first-order chi connectivity index (χ1) is 9.49. The minimum Gasteiger partial charge on any atom is -0.120 e. The fraction of sp³-hybridized carbons (Fsp3) is 0.353. The van der Waals surface area contributed by atoms with E-state index in [1.807, 2.05) is 0 Å². The Labute approximate surface area is 129 Å². The van der Waals surface area contributed by atoms with Crippen molar-refractivity contribution >= 4 is 33.5 Å². The van der Waals surface area contributed by atoms with Crippen LogP contribution in [-0.4, -0.2) is 26.7 Å². The quantitative estimate of drug-likeness (QED) is 0.690. The van der Waals surface area contributed by atoms with Crippen molar-refractivity contribution in [3.8, 4) is 0 Å². The zero-order valence-electron chi connectivity index (χ0n) is 12.7. The van der Waals surface area contributed by atoms with E-state index in [0.717, 1.165) is 0 Å². The van der Waals surface area contributed by atoms with Gasteiger partial charge in [0.25, 0.3) is 0 Å². The van der Waals surface area contributed by atoms with Gasteiger partial charge < -0.3 is 0 Å². The summed E-state index contributed by atoms with van der Waals surface area (Å²) in [6.45, 7) is 9.94. The summed E-state index contributed by atoms with van der Waals surface area (Å²) >= 11 is 2.13. The summed E-state index contributed by atoms with van der Waals surface area (Å²) in [4.78, 5) is 2.22. The average Bonchev–Trinajstić information content (AvgIpc) is 3.02. The lowest BCUT2D eigenvalue weighted by atomic mass is 9.97. The largest absolute Gasteiger partial charge is 0.120 e. The van der Waals surface area contributed by atoms with Crippen molar-refractivity contribution in [1.29, 1.82) is 0 Å². The lowest BCUT2D eigenvalue weighted by Crippen LogP contribution is -2.44. The molecular weight excluding hydrogens is 292 g/mol. The Bertz CT molecular complexity index is 599. The molecule has 0 aromatic rings. The summed E-state index contributed by atoms with van der Waals surface area (Å²) in [5.41, 5.74) is 3.20. The van der Waals surface area contributed by atoms with Gasteiger partial charge in [0.15, 0.2) is 0 Å². The monoisotopic (exact) mass is 314 g/mol. The van der Waals surface area contributed by atoms with Gasteiger partial charge in [-0.05, 0) is 25.6 Å². The van der Waals surface area contributed by atoms with Gasteiger partial charge in [-0.3, -0.25) is 0 Å². The van der Waals surface area contributed by atoms with Crippen molar-refractivity contribution < 1.29 is 0 Å². The number of allylic oxidation sites excluding steroid dienone is 8. The number of fused-ring (bicyclic) bond motifs is 1. The Morgan fingerprint density at radius 3 is 2.50 bits per heavy atom. The third-order valence-corrected chi connectivity index (χ3v) is 14.3. The molecule has 0 fully saturated rings. The first kappa shape index (κ1) is 14.3. The van der Waals surface area contributed by atoms with E-state index in [2.05, 4.69) is 85.8 Å². The molecule has 0 bridgehead atoms. The van der Waals surface area contributed by atoms with Gasteiger partial charge in [-0.2, -0.15) is 0 Å². The summed E-state index contributed by atoms with van der Waals surface area (Å²) < 4.78 is 0. The molecular formula is C17H22SSi2. The fourth-order valence-corrected chi connectivity index (χ4v) is 14.5. The van der Waals surface area contributed by atoms with Crippen LogP contribution in [0.4, 0.5) is 0 Å². The Balaban J connectivity index is 2.04. The molecule has 1 heterocycles. The van der Waals surface area contributed by atoms with Gasteiger partial charge in [-0.25, -0.2) is 0 Å². The molecule has 1 unspecified atom stereocenters. The Morgan fingerprint density at radius 1 is 1.15 bits per heavy atom. The molecule has 3 heteroatoms. The van der Waals surface area contributed by atoms with Crippen LogP contribution in [-0.2, 0) is 0 Å². The maximum absolute atomic E-state index is 2.75. The normalized spacial score (nSPS) is 24.6. The summed E-state index contributed by atoms with van der Waals surface area (Å²) in [6, 6.07) is 0. The molecule has 3 aliphatic rings. The standard InChI is InChI=1S/C17H22SSi2/c1-19(2)12-20(3,4)17-16(13-8-5-6-9-13)14-10-7-11-15(14)18-17/h5-13,17H,1-4H3. The van der Waals surface area contributed by atoms with Crippen molar-refractivity contribution in [1.82, 2.24) is 0 Å². The van der Waals surface area contributed by atoms with Gasteiger partial charge in [0.1, 0.15) is 0 Å². The molecule has 0 aromatic heterocycles. The molecule has 0 saturated heterocycles. The Kier molecular flexibility index (Phi) is 3.77. The van der Waals surface area contributed by atoms with Crippen molar-refractivity contribution in [2.75, 3.05) is 0 Å². The Hall–Kier alpha value is -0.646. The lowest BCUT2D eigenvalue weighted by molar-refractivity contribution is 0.958. The second-order valence-corrected chi connectivity index (χ2v) is 15.7. The van der Waals surface area contributed by atoms with E-state index in [1.54, 1.807) is 5.57 Å². The highest BCUT2D eigenvalue weighted by Gasteiger charge is 2.42. The molecule has 3 rings (SSSR count). The second-order valence-electron chi connectivity index (χ2n) is 6.60. The molecule has 1 atom stereocenters. The summed E-state index contributed by atoms with van der Waals surface area (Å²) in [5.74, 6) is 0.528. The first-order valence-electron chi connectivity index (χ1n) is 7.29. The van der Waals surface area contributed by atoms with Crippen molar-refractivity contribution in [2.45, 2.75) is 31.1 Å². The van der Waals surface area contributed by atoms with E-state index in [4.69, 9.17) is 0 Å². The third-order valence-electron chi connectivity index (χ3n) is 4.06. The smallest absolute Gasteiger partial charge is 0.0860 e. The predicted octanol–water partition coefficient (Wildman–Crippen LogP) is 4.52. The summed E-state index contributed by atoms with van der Waals surface area (Å²) in [5, 5.41) is 2.75. The van der Waals surface area contributed by atoms with Crippen LogP contribution < -0.4 is 0 Å². The van der Waals surface area contributed by atoms with Gasteiger partial charge in [0, 0.05) is 15.7 Å². The van der Waals surface area contributed by atoms with Gasteiger partial charge in [0.05, 0.1) is 8.07 Å². The highest BCUT2D eigenvalue weighted by molar-refractivity contribution is 8.06. The topological polar surface area (TPSA) is 0 Å². The number of rotatable bonds is 3. The fourth-order valence-electron chi connectivity index (χ4n) is 3.44. The maximum Gasteiger partial charge on any atom is 0.0860 e. The van der Waals surface area contributed by atoms with Crippen molar-refractivity contribution in [2.24, 2.45) is 5.92 Å². The zero-order chi connectivity index (χ0) is 14.3. The van der Waals surface area contributed by atoms with Crippen LogP contribution in [0, 0.1) is 5.92 Å². The molecule has 0 aromatic carbocycles. The van der Waals surface area contributed by atoms with Crippen LogP contribution in [0.25, 0.3) is 0 Å². The number of hydrogen-bond acceptors (Lipinski definition) is 1. The SMILES string of the molecule is C[Si](C)=C[Si](C)(C)C1SC2=CC=CC2=C1C1C=CC=C1. The van der Waals surface area contributed by atoms with E-state index < -0.39 is 8.07 Å². The van der Waals surface area contributed by atoms with E-state index in [-0.39, 0.29) is 8.41 Å². The third kappa shape index (κ3) is 2.47. The van der Waals surface area contributed by atoms with Crippen LogP contribution in [0.1, 0.15) is 0 Å². The molecule has 0 saturated carbocycles. The molecule has 1 aliphatic heterocycles. The number of thioether (sulfide) groups is 1. The molecule has 0 nitrogen and oxygen atoms in total. The Morgan fingerprint density at radius 2 is 1.85 bits per heavy atom. The van der Waals surface area contributed by atoms with Crippen LogP contribution >= 0.6 is 11.8 Å². The maximum atomic E-state index is 2.75. The molecule has 0 spiro atoms. The summed E-state index contributed by atoms with van der Waals surface area (Å²) in [6.07, 6.45) is 16.0. The second kappa shape index (κ2) is 5.28. The molecule has 20 heavy (non-hydrogen) atoms. The van der Waals surface area contributed by atoms with Crippen LogP contribution in [0.2, 0.25) is 26.2 Å². The number of hydrogen-bond donors (Lipinski definition) is 0. The van der Waals surface area contributed by atoms with E-state index in [1.165, 1.54) is 10.5 Å². The van der Waals surface area contributed by atoms with Crippen LogP contribution in [0.5, 0.6) is 0 Å². The molecule has 0 radical (unpaired) electrons. The zero-order valence-corrected chi connectivity index (χ0v) is 15.5. The lowest BCUT2D eigenvalue weighted by Gasteiger charge is -2.30. The average molecular weight is 315 g/mol. The minimum atomic E-state index is -1.35. The molecule has 104 valence electrons. The van der Waals surface area contributed by atoms with E-state index in [9.17, 15) is 0 Å². The van der Waals surface area contributed by atoms with Gasteiger partial charge in [0.2, 0.25) is 0 Å². The van der Waals surface area contributed by atoms with Crippen molar-refractivity contribution in [3.05, 3.63) is 58.6 Å².